The second kappa shape index (κ2) is 6.82. The van der Waals surface area contributed by atoms with Gasteiger partial charge in [0.05, 0.1) is 11.7 Å². The summed E-state index contributed by atoms with van der Waals surface area (Å²) in [6, 6.07) is 13.4. The quantitative estimate of drug-likeness (QED) is 0.876. The van der Waals surface area contributed by atoms with E-state index in [1.54, 1.807) is 18.3 Å². The lowest BCUT2D eigenvalue weighted by Gasteiger charge is -2.17. The highest BCUT2D eigenvalue weighted by Gasteiger charge is 2.14. The van der Waals surface area contributed by atoms with Crippen LogP contribution >= 0.6 is 0 Å². The third-order valence-corrected chi connectivity index (χ3v) is 3.20. The van der Waals surface area contributed by atoms with Gasteiger partial charge in [0.25, 0.3) is 5.91 Å². The Hall–Kier alpha value is -2.20. The first-order valence-electron chi connectivity index (χ1n) is 6.75. The van der Waals surface area contributed by atoms with Gasteiger partial charge in [-0.2, -0.15) is 0 Å². The van der Waals surface area contributed by atoms with Crippen LogP contribution in [0.3, 0.4) is 0 Å². The minimum atomic E-state index is -0.0993. The van der Waals surface area contributed by atoms with Gasteiger partial charge in [-0.3, -0.25) is 9.78 Å². The first-order chi connectivity index (χ1) is 9.74. The maximum Gasteiger partial charge on any atom is 0.251 e. The van der Waals surface area contributed by atoms with Gasteiger partial charge < -0.3 is 11.1 Å². The van der Waals surface area contributed by atoms with Gasteiger partial charge in [0, 0.05) is 18.3 Å². The number of nitrogens with one attached hydrogen (secondary N) is 1. The van der Waals surface area contributed by atoms with Crippen molar-refractivity contribution in [1.82, 2.24) is 10.3 Å². The van der Waals surface area contributed by atoms with E-state index in [1.807, 2.05) is 30.3 Å². The summed E-state index contributed by atoms with van der Waals surface area (Å²) in [5.41, 5.74) is 7.96. The molecule has 1 aromatic heterocycles. The molecule has 2 rings (SSSR count). The molecule has 20 heavy (non-hydrogen) atoms. The second-order valence-electron chi connectivity index (χ2n) is 4.58. The summed E-state index contributed by atoms with van der Waals surface area (Å²) in [5, 5.41) is 3.04. The van der Waals surface area contributed by atoms with Gasteiger partial charge in [0.15, 0.2) is 0 Å². The summed E-state index contributed by atoms with van der Waals surface area (Å²) in [6.45, 7) is 2.38. The van der Waals surface area contributed by atoms with Crippen LogP contribution in [0.4, 0.5) is 0 Å². The van der Waals surface area contributed by atoms with E-state index < -0.39 is 0 Å². The SMILES string of the molecule is CCC(NC(=O)c1ccnc(CN)c1)c1ccccc1. The molecule has 0 spiro atoms. The van der Waals surface area contributed by atoms with Crippen molar-refractivity contribution in [2.24, 2.45) is 5.73 Å². The number of hydrogen-bond donors (Lipinski definition) is 2. The first kappa shape index (κ1) is 14.2. The summed E-state index contributed by atoms with van der Waals surface area (Å²) in [5.74, 6) is -0.0993. The van der Waals surface area contributed by atoms with Crippen LogP contribution in [0, 0.1) is 0 Å². The van der Waals surface area contributed by atoms with Gasteiger partial charge in [0.2, 0.25) is 0 Å². The molecule has 0 saturated carbocycles. The molecule has 0 aliphatic rings. The molecule has 0 saturated heterocycles. The number of hydrogen-bond acceptors (Lipinski definition) is 3. The predicted octanol–water partition coefficient (Wildman–Crippen LogP) is 2.42. The van der Waals surface area contributed by atoms with Crippen LogP contribution < -0.4 is 11.1 Å². The largest absolute Gasteiger partial charge is 0.345 e. The lowest BCUT2D eigenvalue weighted by atomic mass is 10.0. The molecule has 0 aliphatic heterocycles. The fourth-order valence-corrected chi connectivity index (χ4v) is 2.08. The van der Waals surface area contributed by atoms with E-state index in [0.717, 1.165) is 12.0 Å². The second-order valence-corrected chi connectivity index (χ2v) is 4.58. The van der Waals surface area contributed by atoms with Crippen LogP contribution in [0.5, 0.6) is 0 Å². The Morgan fingerprint density at radius 2 is 2.05 bits per heavy atom. The number of pyridine rings is 1. The fourth-order valence-electron chi connectivity index (χ4n) is 2.08. The van der Waals surface area contributed by atoms with E-state index in [9.17, 15) is 4.79 Å². The molecule has 0 aliphatic carbocycles. The number of nitrogens with zero attached hydrogens (tertiary/aromatic N) is 1. The number of carbonyl (C=O) groups is 1. The number of benzene rings is 1. The normalized spacial score (nSPS) is 11.9. The number of carbonyl (C=O) groups excluding carboxylic acids is 1. The summed E-state index contributed by atoms with van der Waals surface area (Å²) in [7, 11) is 0. The molecule has 1 amide bonds. The Bertz CT molecular complexity index is 569. The van der Waals surface area contributed by atoms with Gasteiger partial charge in [-0.1, -0.05) is 37.3 Å². The fraction of sp³-hybridized carbons (Fsp3) is 0.250. The summed E-state index contributed by atoms with van der Waals surface area (Å²) < 4.78 is 0. The topological polar surface area (TPSA) is 68.0 Å². The number of nitrogens with two attached hydrogens (primary N) is 1. The molecule has 104 valence electrons. The average molecular weight is 269 g/mol. The highest BCUT2D eigenvalue weighted by molar-refractivity contribution is 5.94. The molecule has 1 aromatic carbocycles. The Morgan fingerprint density at radius 3 is 2.70 bits per heavy atom. The monoisotopic (exact) mass is 269 g/mol. The molecule has 4 heteroatoms. The molecule has 4 nitrogen and oxygen atoms in total. The van der Waals surface area contributed by atoms with E-state index in [-0.39, 0.29) is 11.9 Å². The first-order valence-corrected chi connectivity index (χ1v) is 6.75. The molecular formula is C16H19N3O. The van der Waals surface area contributed by atoms with Crippen LogP contribution in [0.2, 0.25) is 0 Å². The Kier molecular flexibility index (Phi) is 4.85. The maximum atomic E-state index is 12.3. The van der Waals surface area contributed by atoms with Gasteiger partial charge in [-0.25, -0.2) is 0 Å². The van der Waals surface area contributed by atoms with Crippen molar-refractivity contribution in [2.75, 3.05) is 0 Å². The van der Waals surface area contributed by atoms with Crippen molar-refractivity contribution < 1.29 is 4.79 Å². The Labute approximate surface area is 119 Å². The lowest BCUT2D eigenvalue weighted by molar-refractivity contribution is 0.0935. The number of rotatable bonds is 5. The zero-order valence-corrected chi connectivity index (χ0v) is 11.5. The average Bonchev–Trinajstić information content (AvgIpc) is 2.53. The molecular weight excluding hydrogens is 250 g/mol. The lowest BCUT2D eigenvalue weighted by Crippen LogP contribution is -2.28. The van der Waals surface area contributed by atoms with Crippen molar-refractivity contribution in [3.63, 3.8) is 0 Å². The molecule has 3 N–H and O–H groups in total. The van der Waals surface area contributed by atoms with Crippen LogP contribution in [0.1, 0.15) is 41.0 Å². The molecule has 2 aromatic rings. The summed E-state index contributed by atoms with van der Waals surface area (Å²) >= 11 is 0. The molecule has 0 radical (unpaired) electrons. The minimum Gasteiger partial charge on any atom is -0.345 e. The van der Waals surface area contributed by atoms with E-state index >= 15 is 0 Å². The predicted molar refractivity (Wildman–Crippen MR) is 79.1 cm³/mol. The molecule has 1 unspecified atom stereocenters. The van der Waals surface area contributed by atoms with E-state index in [2.05, 4.69) is 17.2 Å². The van der Waals surface area contributed by atoms with Crippen molar-refractivity contribution in [1.29, 1.82) is 0 Å². The molecule has 0 fully saturated rings. The molecule has 1 heterocycles. The zero-order valence-electron chi connectivity index (χ0n) is 11.5. The molecule has 1 atom stereocenters. The van der Waals surface area contributed by atoms with Crippen molar-refractivity contribution in [2.45, 2.75) is 25.9 Å². The number of amides is 1. The van der Waals surface area contributed by atoms with Crippen molar-refractivity contribution >= 4 is 5.91 Å². The zero-order chi connectivity index (χ0) is 14.4. The highest BCUT2D eigenvalue weighted by atomic mass is 16.1. The van der Waals surface area contributed by atoms with Gasteiger partial charge >= 0.3 is 0 Å². The maximum absolute atomic E-state index is 12.3. The van der Waals surface area contributed by atoms with Crippen LogP contribution in [-0.4, -0.2) is 10.9 Å². The van der Waals surface area contributed by atoms with Gasteiger partial charge in [-0.15, -0.1) is 0 Å². The highest BCUT2D eigenvalue weighted by Crippen LogP contribution is 2.16. The van der Waals surface area contributed by atoms with Crippen LogP contribution in [0.15, 0.2) is 48.7 Å². The van der Waals surface area contributed by atoms with Crippen LogP contribution in [0.25, 0.3) is 0 Å². The Balaban J connectivity index is 2.13. The van der Waals surface area contributed by atoms with E-state index in [1.165, 1.54) is 0 Å². The van der Waals surface area contributed by atoms with Gasteiger partial charge in [0.1, 0.15) is 0 Å². The van der Waals surface area contributed by atoms with E-state index in [0.29, 0.717) is 17.8 Å². The van der Waals surface area contributed by atoms with Crippen molar-refractivity contribution in [3.05, 3.63) is 65.5 Å². The minimum absolute atomic E-state index is 0.0122. The third-order valence-electron chi connectivity index (χ3n) is 3.20. The smallest absolute Gasteiger partial charge is 0.251 e. The van der Waals surface area contributed by atoms with Crippen molar-refractivity contribution in [3.8, 4) is 0 Å². The summed E-state index contributed by atoms with van der Waals surface area (Å²) in [6.07, 6.45) is 2.45. The van der Waals surface area contributed by atoms with Gasteiger partial charge in [-0.05, 0) is 24.1 Å². The van der Waals surface area contributed by atoms with Crippen LogP contribution in [-0.2, 0) is 6.54 Å². The van der Waals surface area contributed by atoms with E-state index in [4.69, 9.17) is 5.73 Å². The Morgan fingerprint density at radius 1 is 1.30 bits per heavy atom. The molecule has 0 bridgehead atoms. The summed E-state index contributed by atoms with van der Waals surface area (Å²) in [4.78, 5) is 16.4. The third kappa shape index (κ3) is 3.42. The number of aromatic nitrogens is 1. The standard InChI is InChI=1S/C16H19N3O/c1-2-15(12-6-4-3-5-7-12)19-16(20)13-8-9-18-14(10-13)11-17/h3-10,15H,2,11,17H2,1H3,(H,19,20).